The zero-order chi connectivity index (χ0) is 22.6. The van der Waals surface area contributed by atoms with Crippen LogP contribution in [0.2, 0.25) is 0 Å². The predicted octanol–water partition coefficient (Wildman–Crippen LogP) is 3.32. The number of nitrogens with one attached hydrogen (secondary N) is 2. The number of fused-ring (bicyclic) bond motifs is 1. The highest BCUT2D eigenvalue weighted by Gasteiger charge is 2.20. The Balaban J connectivity index is 1.35. The highest BCUT2D eigenvalue weighted by atomic mass is 32.2. The first kappa shape index (κ1) is 22.7. The molecule has 0 atom stereocenters. The molecule has 6 nitrogen and oxygen atoms in total. The van der Waals surface area contributed by atoms with E-state index in [2.05, 4.69) is 26.4 Å². The molecule has 0 unspecified atom stereocenters. The molecule has 1 aliphatic heterocycles. The maximum Gasteiger partial charge on any atom is 0.251 e. The average molecular weight is 470 g/mol. The van der Waals surface area contributed by atoms with E-state index >= 15 is 0 Å². The van der Waals surface area contributed by atoms with Gasteiger partial charge in [0, 0.05) is 43.2 Å². The number of hydrogen-bond donors (Lipinski definition) is 2. The third-order valence-electron chi connectivity index (χ3n) is 5.65. The van der Waals surface area contributed by atoms with Crippen LogP contribution in [0.15, 0.2) is 64.9 Å². The van der Waals surface area contributed by atoms with Gasteiger partial charge in [-0.05, 0) is 53.6 Å². The van der Waals surface area contributed by atoms with Crippen molar-refractivity contribution in [1.29, 1.82) is 0 Å². The third kappa shape index (κ3) is 5.45. The molecule has 2 heterocycles. The van der Waals surface area contributed by atoms with Gasteiger partial charge in [0.05, 0.1) is 4.90 Å². The lowest BCUT2D eigenvalue weighted by atomic mass is 10.1. The van der Waals surface area contributed by atoms with Crippen LogP contribution in [0, 0.1) is 6.92 Å². The molecule has 8 heteroatoms. The van der Waals surface area contributed by atoms with Gasteiger partial charge >= 0.3 is 0 Å². The van der Waals surface area contributed by atoms with E-state index in [1.165, 1.54) is 16.5 Å². The summed E-state index contributed by atoms with van der Waals surface area (Å²) in [5.74, 6) is -0.266. The molecule has 2 aromatic carbocycles. The Morgan fingerprint density at radius 3 is 2.75 bits per heavy atom. The smallest absolute Gasteiger partial charge is 0.251 e. The minimum Gasteiger partial charge on any atom is -0.351 e. The van der Waals surface area contributed by atoms with Gasteiger partial charge in [-0.1, -0.05) is 36.4 Å². The van der Waals surface area contributed by atoms with Gasteiger partial charge in [0.2, 0.25) is 10.0 Å². The summed E-state index contributed by atoms with van der Waals surface area (Å²) in [6, 6.07) is 16.3. The van der Waals surface area contributed by atoms with Crippen LogP contribution in [0.5, 0.6) is 0 Å². The number of sulfonamides is 1. The topological polar surface area (TPSA) is 78.5 Å². The lowest BCUT2D eigenvalue weighted by molar-refractivity contribution is 0.0947. The van der Waals surface area contributed by atoms with E-state index in [9.17, 15) is 13.2 Å². The molecular weight excluding hydrogens is 442 g/mol. The molecule has 168 valence electrons. The van der Waals surface area contributed by atoms with Gasteiger partial charge in [-0.25, -0.2) is 13.1 Å². The first-order valence-corrected chi connectivity index (χ1v) is 13.0. The van der Waals surface area contributed by atoms with Crippen LogP contribution in [0.1, 0.15) is 31.9 Å². The fourth-order valence-electron chi connectivity index (χ4n) is 3.81. The van der Waals surface area contributed by atoms with Crippen LogP contribution < -0.4 is 10.0 Å². The monoisotopic (exact) mass is 469 g/mol. The normalized spacial score (nSPS) is 14.2. The van der Waals surface area contributed by atoms with Gasteiger partial charge < -0.3 is 5.32 Å². The number of rotatable bonds is 8. The number of carbonyl (C=O) groups is 1. The fraction of sp³-hybridized carbons (Fsp3) is 0.292. The van der Waals surface area contributed by atoms with Crippen LogP contribution in [-0.2, 0) is 29.5 Å². The van der Waals surface area contributed by atoms with Crippen LogP contribution >= 0.6 is 11.3 Å². The van der Waals surface area contributed by atoms with Crippen molar-refractivity contribution in [2.24, 2.45) is 0 Å². The Bertz CT molecular complexity index is 1190. The van der Waals surface area contributed by atoms with E-state index < -0.39 is 10.0 Å². The molecule has 0 bridgehead atoms. The van der Waals surface area contributed by atoms with Crippen molar-refractivity contribution in [2.45, 2.75) is 31.3 Å². The standard InChI is InChI=1S/C24H27N3O3S2/c1-18-7-8-20(15-23(18)32(29,30)26-16-19-5-3-2-4-6-19)24(28)25-11-13-27-12-9-22-21(17-27)10-14-31-22/h2-8,10,14-15,26H,9,11-13,16-17H2,1H3,(H,25,28). The highest BCUT2D eigenvalue weighted by Crippen LogP contribution is 2.23. The van der Waals surface area contributed by atoms with E-state index in [4.69, 9.17) is 0 Å². The molecule has 0 radical (unpaired) electrons. The van der Waals surface area contributed by atoms with E-state index in [1.807, 2.05) is 41.7 Å². The predicted molar refractivity (Wildman–Crippen MR) is 127 cm³/mol. The molecule has 4 rings (SSSR count). The van der Waals surface area contributed by atoms with Crippen LogP contribution in [0.25, 0.3) is 0 Å². The molecule has 1 aliphatic rings. The quantitative estimate of drug-likeness (QED) is 0.531. The lowest BCUT2D eigenvalue weighted by Gasteiger charge is -2.26. The average Bonchev–Trinajstić information content (AvgIpc) is 3.26. The first-order chi connectivity index (χ1) is 15.4. The van der Waals surface area contributed by atoms with Crippen molar-refractivity contribution in [3.63, 3.8) is 0 Å². The second-order valence-corrected chi connectivity index (χ2v) is 10.7. The van der Waals surface area contributed by atoms with Crippen molar-refractivity contribution in [3.8, 4) is 0 Å². The molecule has 32 heavy (non-hydrogen) atoms. The zero-order valence-corrected chi connectivity index (χ0v) is 19.6. The second kappa shape index (κ2) is 9.95. The van der Waals surface area contributed by atoms with Crippen LogP contribution in [-0.4, -0.2) is 38.9 Å². The maximum atomic E-state index is 12.9. The second-order valence-electron chi connectivity index (χ2n) is 7.94. The number of carbonyl (C=O) groups excluding carboxylic acids is 1. The number of amides is 1. The summed E-state index contributed by atoms with van der Waals surface area (Å²) < 4.78 is 28.3. The van der Waals surface area contributed by atoms with Gasteiger partial charge in [-0.3, -0.25) is 9.69 Å². The van der Waals surface area contributed by atoms with Gasteiger partial charge in [-0.15, -0.1) is 11.3 Å². The van der Waals surface area contributed by atoms with Crippen molar-refractivity contribution in [2.75, 3.05) is 19.6 Å². The summed E-state index contributed by atoms with van der Waals surface area (Å²) in [7, 11) is -3.74. The largest absolute Gasteiger partial charge is 0.351 e. The summed E-state index contributed by atoms with van der Waals surface area (Å²) in [6.45, 7) is 5.10. The third-order valence-corrected chi connectivity index (χ3v) is 8.22. The van der Waals surface area contributed by atoms with E-state index in [1.54, 1.807) is 19.1 Å². The van der Waals surface area contributed by atoms with Crippen molar-refractivity contribution in [1.82, 2.24) is 14.9 Å². The van der Waals surface area contributed by atoms with E-state index in [0.717, 1.165) is 31.6 Å². The van der Waals surface area contributed by atoms with Crippen LogP contribution in [0.4, 0.5) is 0 Å². The Morgan fingerprint density at radius 2 is 1.94 bits per heavy atom. The zero-order valence-electron chi connectivity index (χ0n) is 18.0. The lowest BCUT2D eigenvalue weighted by Crippen LogP contribution is -2.37. The number of hydrogen-bond acceptors (Lipinski definition) is 5. The van der Waals surface area contributed by atoms with Gasteiger partial charge in [0.25, 0.3) is 5.91 Å². The molecule has 0 saturated heterocycles. The molecule has 1 aromatic heterocycles. The summed E-state index contributed by atoms with van der Waals surface area (Å²) >= 11 is 1.81. The first-order valence-electron chi connectivity index (χ1n) is 10.6. The molecular formula is C24H27N3O3S2. The van der Waals surface area contributed by atoms with Gasteiger partial charge in [0.15, 0.2) is 0 Å². The van der Waals surface area contributed by atoms with Gasteiger partial charge in [-0.2, -0.15) is 0 Å². The molecule has 0 aliphatic carbocycles. The van der Waals surface area contributed by atoms with Crippen molar-refractivity contribution >= 4 is 27.3 Å². The molecule has 2 N–H and O–H groups in total. The Hall–Kier alpha value is -2.52. The SMILES string of the molecule is Cc1ccc(C(=O)NCCN2CCc3sccc3C2)cc1S(=O)(=O)NCc1ccccc1. The highest BCUT2D eigenvalue weighted by molar-refractivity contribution is 7.89. The Labute approximate surface area is 193 Å². The Morgan fingerprint density at radius 1 is 1.12 bits per heavy atom. The number of thiophene rings is 1. The van der Waals surface area contributed by atoms with E-state index in [0.29, 0.717) is 17.7 Å². The molecule has 0 spiro atoms. The van der Waals surface area contributed by atoms with E-state index in [-0.39, 0.29) is 17.3 Å². The number of nitrogens with zero attached hydrogens (tertiary/aromatic N) is 1. The number of aryl methyl sites for hydroxylation is 1. The van der Waals surface area contributed by atoms with Gasteiger partial charge in [0.1, 0.15) is 0 Å². The summed E-state index contributed by atoms with van der Waals surface area (Å²) in [5, 5.41) is 5.06. The van der Waals surface area contributed by atoms with Crippen molar-refractivity contribution < 1.29 is 13.2 Å². The summed E-state index contributed by atoms with van der Waals surface area (Å²) in [5.41, 5.74) is 3.19. The molecule has 0 fully saturated rings. The fourth-order valence-corrected chi connectivity index (χ4v) is 5.99. The summed E-state index contributed by atoms with van der Waals surface area (Å²) in [6.07, 6.45) is 1.05. The minimum atomic E-state index is -3.74. The minimum absolute atomic E-state index is 0.127. The molecule has 1 amide bonds. The Kier molecular flexibility index (Phi) is 7.05. The maximum absolute atomic E-state index is 12.9. The van der Waals surface area contributed by atoms with Crippen LogP contribution in [0.3, 0.4) is 0 Å². The number of benzene rings is 2. The molecule has 0 saturated carbocycles. The summed E-state index contributed by atoms with van der Waals surface area (Å²) in [4.78, 5) is 16.6. The van der Waals surface area contributed by atoms with Crippen molar-refractivity contribution in [3.05, 3.63) is 87.1 Å². The molecule has 3 aromatic rings.